The molecule has 0 amide bonds. The van der Waals surface area contributed by atoms with E-state index in [1.807, 2.05) is 70.2 Å². The Labute approximate surface area is 205 Å². The van der Waals surface area contributed by atoms with Crippen molar-refractivity contribution in [1.29, 1.82) is 0 Å². The first-order valence-electron chi connectivity index (χ1n) is 11.3. The monoisotopic (exact) mass is 468 g/mol. The van der Waals surface area contributed by atoms with Crippen molar-refractivity contribution in [2.45, 2.75) is 59.4 Å². The van der Waals surface area contributed by atoms with E-state index >= 15 is 0 Å². The molecule has 2 aromatic carbocycles. The molecule has 1 atom stereocenters. The van der Waals surface area contributed by atoms with Gasteiger partial charge < -0.3 is 19.3 Å². The number of hydrogen-bond donors (Lipinski definition) is 1. The zero-order chi connectivity index (χ0) is 26.0. The first kappa shape index (κ1) is 30.7. The van der Waals surface area contributed by atoms with Gasteiger partial charge in [0.2, 0.25) is 0 Å². The standard InChI is InChI=1S/C14H20O2.C8H8O.C7H12O2/c1-4-6-11-15-12(3)16-14-9-7-13(5-2)8-10-14;1-2-7-3-5-8(9)6-4-7;1-5-6(8)9-7(2,3)4/h5,7-10,12H,2,4,6,11H2,1,3H3;2-6,9H,1H2;5H,1H2,2-4H3. The number of ether oxygens (including phenoxy) is 3. The van der Waals surface area contributed by atoms with E-state index in [0.717, 1.165) is 42.4 Å². The number of benzene rings is 2. The fourth-order valence-corrected chi connectivity index (χ4v) is 2.26. The number of phenolic OH excluding ortho intramolecular Hbond substituents is 1. The third-order valence-corrected chi connectivity index (χ3v) is 3.97. The molecule has 0 heterocycles. The highest BCUT2D eigenvalue weighted by molar-refractivity contribution is 5.81. The van der Waals surface area contributed by atoms with Gasteiger partial charge in [-0.2, -0.15) is 0 Å². The van der Waals surface area contributed by atoms with Gasteiger partial charge in [-0.25, -0.2) is 4.79 Å². The Bertz CT molecular complexity index is 846. The number of carbonyl (C=O) groups excluding carboxylic acids is 1. The van der Waals surface area contributed by atoms with Crippen molar-refractivity contribution in [2.24, 2.45) is 0 Å². The summed E-state index contributed by atoms with van der Waals surface area (Å²) in [5.74, 6) is 0.748. The Morgan fingerprint density at radius 2 is 1.47 bits per heavy atom. The first-order chi connectivity index (χ1) is 16.0. The maximum atomic E-state index is 10.5. The molecule has 5 nitrogen and oxygen atoms in total. The molecule has 0 aliphatic rings. The lowest BCUT2D eigenvalue weighted by Crippen LogP contribution is -2.22. The molecule has 0 bridgehead atoms. The summed E-state index contributed by atoms with van der Waals surface area (Å²) in [5, 5.41) is 8.82. The minimum Gasteiger partial charge on any atom is -0.508 e. The summed E-state index contributed by atoms with van der Waals surface area (Å²) in [6, 6.07) is 14.7. The third-order valence-electron chi connectivity index (χ3n) is 3.97. The predicted octanol–water partition coefficient (Wildman–Crippen LogP) is 7.42. The number of carbonyl (C=O) groups is 1. The van der Waals surface area contributed by atoms with Crippen LogP contribution in [0.3, 0.4) is 0 Å². The highest BCUT2D eigenvalue weighted by Gasteiger charge is 2.12. The van der Waals surface area contributed by atoms with Gasteiger partial charge in [0.15, 0.2) is 6.29 Å². The van der Waals surface area contributed by atoms with Crippen LogP contribution in [-0.2, 0) is 14.3 Å². The van der Waals surface area contributed by atoms with E-state index in [4.69, 9.17) is 19.3 Å². The van der Waals surface area contributed by atoms with E-state index in [1.54, 1.807) is 18.2 Å². The van der Waals surface area contributed by atoms with Crippen molar-refractivity contribution < 1.29 is 24.1 Å². The van der Waals surface area contributed by atoms with Gasteiger partial charge in [-0.05, 0) is 69.5 Å². The van der Waals surface area contributed by atoms with Crippen LogP contribution in [0.5, 0.6) is 11.5 Å². The van der Waals surface area contributed by atoms with Gasteiger partial charge in [0.05, 0.1) is 6.61 Å². The van der Waals surface area contributed by atoms with Gasteiger partial charge >= 0.3 is 5.97 Å². The van der Waals surface area contributed by atoms with E-state index < -0.39 is 5.60 Å². The maximum absolute atomic E-state index is 10.5. The zero-order valence-electron chi connectivity index (χ0n) is 21.3. The lowest BCUT2D eigenvalue weighted by Gasteiger charge is -2.17. The molecule has 0 saturated heterocycles. The summed E-state index contributed by atoms with van der Waals surface area (Å²) in [5.41, 5.74) is 1.71. The molecular formula is C29H40O5. The number of aromatic hydroxyl groups is 1. The van der Waals surface area contributed by atoms with Crippen molar-refractivity contribution in [2.75, 3.05) is 6.61 Å². The Balaban J connectivity index is 0.000000518. The van der Waals surface area contributed by atoms with E-state index in [-0.39, 0.29) is 12.3 Å². The Hall–Kier alpha value is -3.31. The van der Waals surface area contributed by atoms with E-state index in [2.05, 4.69) is 26.7 Å². The summed E-state index contributed by atoms with van der Waals surface area (Å²) in [4.78, 5) is 10.5. The summed E-state index contributed by atoms with van der Waals surface area (Å²) in [7, 11) is 0. The van der Waals surface area contributed by atoms with Crippen molar-refractivity contribution in [3.05, 3.63) is 85.5 Å². The normalized spacial score (nSPS) is 10.9. The fraction of sp³-hybridized carbons (Fsp3) is 0.345. The minimum absolute atomic E-state index is 0.193. The molecule has 0 aliphatic carbocycles. The quantitative estimate of drug-likeness (QED) is 0.179. The molecule has 186 valence electrons. The van der Waals surface area contributed by atoms with Crippen LogP contribution in [0.2, 0.25) is 0 Å². The van der Waals surface area contributed by atoms with Crippen LogP contribution >= 0.6 is 0 Å². The number of rotatable bonds is 9. The molecule has 0 fully saturated rings. The predicted molar refractivity (Wildman–Crippen MR) is 142 cm³/mol. The molecule has 1 unspecified atom stereocenters. The lowest BCUT2D eigenvalue weighted by molar-refractivity contribution is -0.148. The number of hydrogen-bond acceptors (Lipinski definition) is 5. The van der Waals surface area contributed by atoms with Gasteiger partial charge in [0, 0.05) is 6.08 Å². The van der Waals surface area contributed by atoms with Crippen LogP contribution in [-0.4, -0.2) is 29.6 Å². The van der Waals surface area contributed by atoms with E-state index in [1.165, 1.54) is 0 Å². The van der Waals surface area contributed by atoms with Crippen LogP contribution in [0.25, 0.3) is 12.2 Å². The van der Waals surface area contributed by atoms with Crippen LogP contribution < -0.4 is 4.74 Å². The summed E-state index contributed by atoms with van der Waals surface area (Å²) in [6.45, 7) is 20.8. The average Bonchev–Trinajstić information content (AvgIpc) is 2.80. The first-order valence-corrected chi connectivity index (χ1v) is 11.3. The molecule has 2 aromatic rings. The number of phenols is 1. The van der Waals surface area contributed by atoms with Gasteiger partial charge in [0.25, 0.3) is 0 Å². The summed E-state index contributed by atoms with van der Waals surface area (Å²) < 4.78 is 15.9. The molecule has 5 heteroatoms. The molecule has 34 heavy (non-hydrogen) atoms. The van der Waals surface area contributed by atoms with Crippen molar-refractivity contribution in [1.82, 2.24) is 0 Å². The fourth-order valence-electron chi connectivity index (χ4n) is 2.26. The van der Waals surface area contributed by atoms with Crippen LogP contribution in [0.1, 0.15) is 58.6 Å². The largest absolute Gasteiger partial charge is 0.508 e. The summed E-state index contributed by atoms with van der Waals surface area (Å²) >= 11 is 0. The molecule has 0 radical (unpaired) electrons. The second-order valence-electron chi connectivity index (χ2n) is 8.22. The minimum atomic E-state index is -0.398. The van der Waals surface area contributed by atoms with E-state index in [0.29, 0.717) is 5.75 Å². The van der Waals surface area contributed by atoms with Crippen LogP contribution in [0.15, 0.2) is 74.3 Å². The lowest BCUT2D eigenvalue weighted by atomic mass is 10.2. The second-order valence-corrected chi connectivity index (χ2v) is 8.22. The smallest absolute Gasteiger partial charge is 0.330 e. The number of esters is 1. The molecule has 2 rings (SSSR count). The SMILES string of the molecule is C=CC(=O)OC(C)(C)C.C=Cc1ccc(O)cc1.C=Cc1ccc(OC(C)OCCCC)cc1. The second kappa shape index (κ2) is 17.2. The highest BCUT2D eigenvalue weighted by Crippen LogP contribution is 2.15. The van der Waals surface area contributed by atoms with Crippen molar-refractivity contribution >= 4 is 18.1 Å². The van der Waals surface area contributed by atoms with Gasteiger partial charge in [-0.15, -0.1) is 0 Å². The molecular weight excluding hydrogens is 428 g/mol. The Morgan fingerprint density at radius 3 is 1.85 bits per heavy atom. The van der Waals surface area contributed by atoms with Crippen molar-refractivity contribution in [3.8, 4) is 11.5 Å². The molecule has 1 N–H and O–H groups in total. The average molecular weight is 469 g/mol. The Kier molecular flexibility index (Phi) is 15.5. The summed E-state index contributed by atoms with van der Waals surface area (Å²) in [6.07, 6.45) is 6.72. The van der Waals surface area contributed by atoms with Gasteiger partial charge in [0.1, 0.15) is 17.1 Å². The molecule has 0 aliphatic heterocycles. The maximum Gasteiger partial charge on any atom is 0.330 e. The number of unbranched alkanes of at least 4 members (excludes halogenated alkanes) is 1. The third kappa shape index (κ3) is 16.3. The Morgan fingerprint density at radius 1 is 0.971 bits per heavy atom. The molecule has 0 aromatic heterocycles. The topological polar surface area (TPSA) is 65.0 Å². The van der Waals surface area contributed by atoms with Crippen LogP contribution in [0.4, 0.5) is 0 Å². The molecule has 0 spiro atoms. The van der Waals surface area contributed by atoms with Gasteiger partial charge in [-0.3, -0.25) is 0 Å². The molecule has 0 saturated carbocycles. The van der Waals surface area contributed by atoms with Crippen molar-refractivity contribution in [3.63, 3.8) is 0 Å². The van der Waals surface area contributed by atoms with Gasteiger partial charge in [-0.1, -0.05) is 69.5 Å². The van der Waals surface area contributed by atoms with Crippen LogP contribution in [0, 0.1) is 0 Å². The highest BCUT2D eigenvalue weighted by atomic mass is 16.7. The van der Waals surface area contributed by atoms with E-state index in [9.17, 15) is 4.79 Å². The zero-order valence-corrected chi connectivity index (χ0v) is 21.3.